The molecule has 0 radical (unpaired) electrons. The van der Waals surface area contributed by atoms with Gasteiger partial charge in [-0.2, -0.15) is 0 Å². The third-order valence-electron chi connectivity index (χ3n) is 3.34. The van der Waals surface area contributed by atoms with Crippen molar-refractivity contribution in [3.63, 3.8) is 0 Å². The summed E-state index contributed by atoms with van der Waals surface area (Å²) < 4.78 is 0. The molecular weight excluding hydrogens is 364 g/mol. The Bertz CT molecular complexity index is 734. The fraction of sp³-hybridized carbons (Fsp3) is 0.391. The van der Waals surface area contributed by atoms with Crippen molar-refractivity contribution in [3.05, 3.63) is 71.8 Å². The highest BCUT2D eigenvalue weighted by Crippen LogP contribution is 2.04. The highest BCUT2D eigenvalue weighted by Gasteiger charge is 1.98. The van der Waals surface area contributed by atoms with E-state index in [1.54, 1.807) is 11.8 Å². The van der Waals surface area contributed by atoms with Crippen LogP contribution in [-0.2, 0) is 13.1 Å². The number of hydrogen-bond acceptors (Lipinski definition) is 4. The van der Waals surface area contributed by atoms with Crippen molar-refractivity contribution >= 4 is 22.9 Å². The van der Waals surface area contributed by atoms with Gasteiger partial charge >= 0.3 is 0 Å². The molecule has 0 aromatic heterocycles. The maximum Gasteiger partial charge on any atom is 0.156 e. The Kier molecular flexibility index (Phi) is 12.4. The summed E-state index contributed by atoms with van der Waals surface area (Å²) >= 11 is 1.66. The molecule has 2 aromatic carbocycles. The lowest BCUT2D eigenvalue weighted by atomic mass is 10.2. The molecule has 0 bridgehead atoms. The van der Waals surface area contributed by atoms with Crippen LogP contribution < -0.4 is 5.32 Å². The number of nitrogens with one attached hydrogen (secondary N) is 1. The molecule has 0 saturated carbocycles. The summed E-state index contributed by atoms with van der Waals surface area (Å²) in [5.74, 6) is 0. The van der Waals surface area contributed by atoms with Crippen LogP contribution in [0.1, 0.15) is 38.8 Å². The molecule has 0 aliphatic carbocycles. The lowest BCUT2D eigenvalue weighted by Crippen LogP contribution is -2.27. The average Bonchev–Trinajstić information content (AvgIpc) is 2.70. The van der Waals surface area contributed by atoms with Crippen LogP contribution >= 0.6 is 11.8 Å². The topological polar surface area (TPSA) is 49.1 Å². The molecule has 0 atom stereocenters. The molecule has 0 saturated heterocycles. The predicted octanol–water partition coefficient (Wildman–Crippen LogP) is 5.67. The molecule has 4 nitrogen and oxygen atoms in total. The Hall–Kier alpha value is -2.36. The fourth-order valence-corrected chi connectivity index (χ4v) is 2.58. The Balaban J connectivity index is 0.000000283. The Morgan fingerprint density at radius 1 is 0.893 bits per heavy atom. The zero-order chi connectivity index (χ0) is 20.6. The third kappa shape index (κ3) is 12.1. The molecule has 0 fully saturated rings. The Morgan fingerprint density at radius 3 is 1.89 bits per heavy atom. The largest absolute Gasteiger partial charge is 0.363 e. The molecule has 0 aliphatic rings. The van der Waals surface area contributed by atoms with Gasteiger partial charge in [0.05, 0.1) is 25.1 Å². The summed E-state index contributed by atoms with van der Waals surface area (Å²) in [7, 11) is 0. The van der Waals surface area contributed by atoms with Gasteiger partial charge in [0.1, 0.15) is 0 Å². The van der Waals surface area contributed by atoms with Crippen LogP contribution in [0.25, 0.3) is 0 Å². The van der Waals surface area contributed by atoms with Gasteiger partial charge in [0, 0.05) is 6.04 Å². The van der Waals surface area contributed by atoms with Gasteiger partial charge in [0.15, 0.2) is 5.17 Å². The van der Waals surface area contributed by atoms with E-state index in [1.165, 1.54) is 11.1 Å². The van der Waals surface area contributed by atoms with E-state index in [-0.39, 0.29) is 6.04 Å². The lowest BCUT2D eigenvalue weighted by Gasteiger charge is -2.10. The van der Waals surface area contributed by atoms with E-state index < -0.39 is 0 Å². The van der Waals surface area contributed by atoms with E-state index in [1.807, 2.05) is 68.6 Å². The SMILES string of the molecule is CC(C)N=C=NCc1ccccc1.CSC(=NCc1ccccc1)NC(C)C. The zero-order valence-corrected chi connectivity index (χ0v) is 18.4. The van der Waals surface area contributed by atoms with Crippen LogP contribution in [0.2, 0.25) is 0 Å². The number of nitrogens with zero attached hydrogens (tertiary/aromatic N) is 3. The van der Waals surface area contributed by atoms with Gasteiger partial charge in [-0.1, -0.05) is 72.4 Å². The molecule has 28 heavy (non-hydrogen) atoms. The van der Waals surface area contributed by atoms with Gasteiger partial charge in [0.25, 0.3) is 0 Å². The third-order valence-corrected chi connectivity index (χ3v) is 3.98. The molecule has 150 valence electrons. The number of amidine groups is 1. The summed E-state index contributed by atoms with van der Waals surface area (Å²) in [6.45, 7) is 9.66. The molecule has 1 N–H and O–H groups in total. The Labute approximate surface area is 174 Å². The van der Waals surface area contributed by atoms with Gasteiger partial charge in [-0.3, -0.25) is 4.99 Å². The van der Waals surface area contributed by atoms with E-state index in [9.17, 15) is 0 Å². The standard InChI is InChI=1S/C12H18N2S.C11H14N2/c1-10(2)14-12(15-3)13-9-11-7-5-4-6-8-11;1-10(2)13-9-12-8-11-6-4-3-5-7-11/h4-8,10H,9H2,1-3H3,(H,13,14);3-7,10H,8H2,1-2H3. The van der Waals surface area contributed by atoms with E-state index in [0.717, 1.165) is 11.7 Å². The number of hydrogen-bond donors (Lipinski definition) is 1. The van der Waals surface area contributed by atoms with Crippen LogP contribution in [-0.4, -0.2) is 29.5 Å². The second-order valence-electron chi connectivity index (χ2n) is 6.73. The van der Waals surface area contributed by atoms with Gasteiger partial charge in [-0.25, -0.2) is 9.98 Å². The number of aliphatic imine (C=N–C) groups is 3. The molecule has 5 heteroatoms. The van der Waals surface area contributed by atoms with Crippen LogP contribution in [0.4, 0.5) is 0 Å². The van der Waals surface area contributed by atoms with Crippen molar-refractivity contribution in [2.75, 3.05) is 6.26 Å². The van der Waals surface area contributed by atoms with Gasteiger partial charge in [-0.15, -0.1) is 0 Å². The van der Waals surface area contributed by atoms with Crippen molar-refractivity contribution < 1.29 is 0 Å². The molecule has 0 amide bonds. The van der Waals surface area contributed by atoms with Crippen molar-refractivity contribution in [1.29, 1.82) is 0 Å². The van der Waals surface area contributed by atoms with Crippen molar-refractivity contribution in [2.24, 2.45) is 15.0 Å². The maximum absolute atomic E-state index is 4.52. The first-order chi connectivity index (χ1) is 13.5. The highest BCUT2D eigenvalue weighted by atomic mass is 32.2. The fourth-order valence-electron chi connectivity index (χ4n) is 2.03. The van der Waals surface area contributed by atoms with E-state index in [0.29, 0.717) is 12.6 Å². The monoisotopic (exact) mass is 396 g/mol. The number of thioether (sulfide) groups is 1. The van der Waals surface area contributed by atoms with E-state index >= 15 is 0 Å². The Morgan fingerprint density at radius 2 is 1.43 bits per heavy atom. The number of rotatable bonds is 6. The second-order valence-corrected chi connectivity index (χ2v) is 7.53. The van der Waals surface area contributed by atoms with Gasteiger partial charge in [0.2, 0.25) is 0 Å². The second kappa shape index (κ2) is 14.7. The van der Waals surface area contributed by atoms with Crippen LogP contribution in [0, 0.1) is 0 Å². The number of benzene rings is 2. The molecular formula is C23H32N4S. The first-order valence-electron chi connectivity index (χ1n) is 9.55. The molecule has 0 unspecified atom stereocenters. The summed E-state index contributed by atoms with van der Waals surface area (Å²) in [5, 5.41) is 4.32. The summed E-state index contributed by atoms with van der Waals surface area (Å²) in [6.07, 6.45) is 2.04. The highest BCUT2D eigenvalue weighted by molar-refractivity contribution is 8.13. The summed E-state index contributed by atoms with van der Waals surface area (Å²) in [5.41, 5.74) is 2.43. The summed E-state index contributed by atoms with van der Waals surface area (Å²) in [6, 6.07) is 23.8. The smallest absolute Gasteiger partial charge is 0.156 e. The van der Waals surface area contributed by atoms with Gasteiger partial charge in [-0.05, 0) is 45.1 Å². The first kappa shape index (κ1) is 23.7. The maximum atomic E-state index is 4.52. The van der Waals surface area contributed by atoms with E-state index in [4.69, 9.17) is 0 Å². The van der Waals surface area contributed by atoms with Crippen molar-refractivity contribution in [3.8, 4) is 0 Å². The zero-order valence-electron chi connectivity index (χ0n) is 17.6. The minimum atomic E-state index is 0.277. The molecule has 0 spiro atoms. The summed E-state index contributed by atoms with van der Waals surface area (Å²) in [4.78, 5) is 12.6. The molecule has 0 heterocycles. The van der Waals surface area contributed by atoms with E-state index in [2.05, 4.69) is 52.3 Å². The minimum absolute atomic E-state index is 0.277. The normalized spacial score (nSPS) is 10.8. The van der Waals surface area contributed by atoms with Crippen LogP contribution in [0.3, 0.4) is 0 Å². The first-order valence-corrected chi connectivity index (χ1v) is 10.8. The lowest BCUT2D eigenvalue weighted by molar-refractivity contribution is 0.737. The molecule has 2 rings (SSSR count). The predicted molar refractivity (Wildman–Crippen MR) is 125 cm³/mol. The minimum Gasteiger partial charge on any atom is -0.363 e. The van der Waals surface area contributed by atoms with Crippen LogP contribution in [0.5, 0.6) is 0 Å². The van der Waals surface area contributed by atoms with Crippen molar-refractivity contribution in [1.82, 2.24) is 5.32 Å². The average molecular weight is 397 g/mol. The molecule has 0 aliphatic heterocycles. The van der Waals surface area contributed by atoms with Gasteiger partial charge < -0.3 is 5.32 Å². The quantitative estimate of drug-likeness (QED) is 0.505. The van der Waals surface area contributed by atoms with Crippen LogP contribution in [0.15, 0.2) is 75.6 Å². The molecule has 2 aromatic rings. The van der Waals surface area contributed by atoms with Crippen molar-refractivity contribution in [2.45, 2.75) is 52.9 Å².